The van der Waals surface area contributed by atoms with E-state index in [1.807, 2.05) is 44.2 Å². The van der Waals surface area contributed by atoms with Crippen molar-refractivity contribution in [1.82, 2.24) is 5.32 Å². The van der Waals surface area contributed by atoms with Gasteiger partial charge < -0.3 is 14.5 Å². The summed E-state index contributed by atoms with van der Waals surface area (Å²) in [6, 6.07) is 16.2. The number of nitrogens with one attached hydrogen (secondary N) is 1. The molecule has 2 aromatic carbocycles. The number of rotatable bonds is 7. The molecule has 0 fully saturated rings. The number of ether oxygens (including phenoxy) is 1. The molecule has 1 N–H and O–H groups in total. The van der Waals surface area contributed by atoms with Gasteiger partial charge >= 0.3 is 0 Å². The molecule has 1 aromatic heterocycles. The molecule has 0 spiro atoms. The van der Waals surface area contributed by atoms with E-state index in [1.165, 1.54) is 0 Å². The van der Waals surface area contributed by atoms with E-state index in [-0.39, 0.29) is 24.3 Å². The van der Waals surface area contributed by atoms with Gasteiger partial charge in [-0.3, -0.25) is 9.59 Å². The zero-order valence-corrected chi connectivity index (χ0v) is 14.8. The van der Waals surface area contributed by atoms with Crippen LogP contribution >= 0.6 is 0 Å². The smallest absolute Gasteiger partial charge is 0.258 e. The Labute approximate surface area is 152 Å². The number of Topliss-reactive ketones (excluding diaryl/α,β-unsaturated/α-hetero) is 1. The number of hydrogen-bond acceptors (Lipinski definition) is 4. The minimum Gasteiger partial charge on any atom is -0.484 e. The molecule has 1 amide bonds. The first-order valence-electron chi connectivity index (χ1n) is 8.60. The summed E-state index contributed by atoms with van der Waals surface area (Å²) in [7, 11) is 0. The highest BCUT2D eigenvalue weighted by atomic mass is 16.5. The third kappa shape index (κ3) is 4.11. The second kappa shape index (κ2) is 7.87. The standard InChI is InChI=1S/C21H21NO4/c1-3-18(23)15-8-10-17(11-9-15)25-13-21(24)22-14(2)20-12-16-6-4-5-7-19(16)26-20/h4-12,14H,3,13H2,1-2H3,(H,22,24)/t14-/m0/s1. The van der Waals surface area contributed by atoms with Crippen LogP contribution in [0.3, 0.4) is 0 Å². The van der Waals surface area contributed by atoms with Crippen molar-refractivity contribution >= 4 is 22.7 Å². The van der Waals surface area contributed by atoms with Crippen LogP contribution < -0.4 is 10.1 Å². The molecule has 134 valence electrons. The van der Waals surface area contributed by atoms with Gasteiger partial charge in [0.2, 0.25) is 0 Å². The van der Waals surface area contributed by atoms with Gasteiger partial charge in [-0.05, 0) is 43.3 Å². The number of para-hydroxylation sites is 1. The van der Waals surface area contributed by atoms with Crippen molar-refractivity contribution in [3.05, 3.63) is 65.9 Å². The van der Waals surface area contributed by atoms with Gasteiger partial charge in [-0.1, -0.05) is 25.1 Å². The van der Waals surface area contributed by atoms with Gasteiger partial charge in [0.25, 0.3) is 5.91 Å². The van der Waals surface area contributed by atoms with Crippen molar-refractivity contribution < 1.29 is 18.7 Å². The SMILES string of the molecule is CCC(=O)c1ccc(OCC(=O)N[C@@H](C)c2cc3ccccc3o2)cc1. The number of furan rings is 1. The Morgan fingerprint density at radius 3 is 2.54 bits per heavy atom. The number of benzene rings is 2. The number of amides is 1. The van der Waals surface area contributed by atoms with Crippen molar-refractivity contribution in [2.75, 3.05) is 6.61 Å². The van der Waals surface area contributed by atoms with E-state index in [0.29, 0.717) is 23.5 Å². The molecule has 0 aliphatic heterocycles. The lowest BCUT2D eigenvalue weighted by atomic mass is 10.1. The van der Waals surface area contributed by atoms with Crippen molar-refractivity contribution in [1.29, 1.82) is 0 Å². The predicted octanol–water partition coefficient (Wildman–Crippen LogP) is 4.28. The highest BCUT2D eigenvalue weighted by molar-refractivity contribution is 5.95. The van der Waals surface area contributed by atoms with Crippen LogP contribution in [0.4, 0.5) is 0 Å². The summed E-state index contributed by atoms with van der Waals surface area (Å²) in [5, 5.41) is 3.86. The molecule has 0 saturated heterocycles. The first kappa shape index (κ1) is 17.7. The van der Waals surface area contributed by atoms with E-state index < -0.39 is 0 Å². The van der Waals surface area contributed by atoms with Crippen LogP contribution in [0.25, 0.3) is 11.0 Å². The molecule has 26 heavy (non-hydrogen) atoms. The average molecular weight is 351 g/mol. The van der Waals surface area contributed by atoms with E-state index in [1.54, 1.807) is 24.3 Å². The second-order valence-corrected chi connectivity index (χ2v) is 6.07. The van der Waals surface area contributed by atoms with Gasteiger partial charge in [0.05, 0.1) is 6.04 Å². The van der Waals surface area contributed by atoms with Crippen LogP contribution in [0.2, 0.25) is 0 Å². The molecular formula is C21H21NO4. The summed E-state index contributed by atoms with van der Waals surface area (Å²) in [4.78, 5) is 23.7. The topological polar surface area (TPSA) is 68.5 Å². The third-order valence-electron chi connectivity index (χ3n) is 4.12. The summed E-state index contributed by atoms with van der Waals surface area (Å²) >= 11 is 0. The van der Waals surface area contributed by atoms with Crippen molar-refractivity contribution in [2.45, 2.75) is 26.3 Å². The number of fused-ring (bicyclic) bond motifs is 1. The molecule has 0 bridgehead atoms. The van der Waals surface area contributed by atoms with Gasteiger partial charge in [-0.15, -0.1) is 0 Å². The molecule has 0 saturated carbocycles. The molecular weight excluding hydrogens is 330 g/mol. The number of hydrogen-bond donors (Lipinski definition) is 1. The molecule has 1 atom stereocenters. The van der Waals surface area contributed by atoms with E-state index in [4.69, 9.17) is 9.15 Å². The maximum atomic E-state index is 12.1. The first-order valence-corrected chi connectivity index (χ1v) is 8.60. The lowest BCUT2D eigenvalue weighted by Crippen LogP contribution is -2.31. The van der Waals surface area contributed by atoms with E-state index in [2.05, 4.69) is 5.32 Å². The molecule has 3 rings (SSSR count). The maximum Gasteiger partial charge on any atom is 0.258 e. The molecule has 0 unspecified atom stereocenters. The number of ketones is 1. The lowest BCUT2D eigenvalue weighted by Gasteiger charge is -2.12. The summed E-state index contributed by atoms with van der Waals surface area (Å²) in [6.45, 7) is 3.58. The van der Waals surface area contributed by atoms with Gasteiger partial charge in [-0.2, -0.15) is 0 Å². The fourth-order valence-corrected chi connectivity index (χ4v) is 2.66. The Hall–Kier alpha value is -3.08. The van der Waals surface area contributed by atoms with Crippen molar-refractivity contribution in [3.8, 4) is 5.75 Å². The molecule has 0 radical (unpaired) electrons. The Morgan fingerprint density at radius 1 is 1.12 bits per heavy atom. The molecule has 5 nitrogen and oxygen atoms in total. The summed E-state index contributed by atoms with van der Waals surface area (Å²) < 4.78 is 11.2. The minimum absolute atomic E-state index is 0.0777. The van der Waals surface area contributed by atoms with Gasteiger partial charge in [-0.25, -0.2) is 0 Å². The first-order chi connectivity index (χ1) is 12.6. The Kier molecular flexibility index (Phi) is 5.37. The summed E-state index contributed by atoms with van der Waals surface area (Å²) in [5.74, 6) is 1.08. The van der Waals surface area contributed by atoms with E-state index in [0.717, 1.165) is 11.0 Å². The van der Waals surface area contributed by atoms with E-state index >= 15 is 0 Å². The largest absolute Gasteiger partial charge is 0.484 e. The Balaban J connectivity index is 1.54. The lowest BCUT2D eigenvalue weighted by molar-refractivity contribution is -0.123. The van der Waals surface area contributed by atoms with Gasteiger partial charge in [0.1, 0.15) is 17.1 Å². The van der Waals surface area contributed by atoms with Gasteiger partial charge in [0.15, 0.2) is 12.4 Å². The van der Waals surface area contributed by atoms with Crippen LogP contribution in [0.5, 0.6) is 5.75 Å². The fraction of sp³-hybridized carbons (Fsp3) is 0.238. The third-order valence-corrected chi connectivity index (χ3v) is 4.12. The van der Waals surface area contributed by atoms with Crippen LogP contribution in [0, 0.1) is 0 Å². The number of carbonyl (C=O) groups excluding carboxylic acids is 2. The minimum atomic E-state index is -0.261. The maximum absolute atomic E-state index is 12.1. The number of carbonyl (C=O) groups is 2. The highest BCUT2D eigenvalue weighted by Gasteiger charge is 2.14. The highest BCUT2D eigenvalue weighted by Crippen LogP contribution is 2.23. The molecule has 0 aliphatic rings. The zero-order valence-electron chi connectivity index (χ0n) is 14.8. The molecule has 5 heteroatoms. The van der Waals surface area contributed by atoms with E-state index in [9.17, 15) is 9.59 Å². The summed E-state index contributed by atoms with van der Waals surface area (Å²) in [5.41, 5.74) is 1.43. The van der Waals surface area contributed by atoms with Crippen molar-refractivity contribution in [3.63, 3.8) is 0 Å². The quantitative estimate of drug-likeness (QED) is 0.645. The monoisotopic (exact) mass is 351 g/mol. The molecule has 3 aromatic rings. The average Bonchev–Trinajstić information content (AvgIpc) is 3.10. The second-order valence-electron chi connectivity index (χ2n) is 6.07. The zero-order chi connectivity index (χ0) is 18.5. The predicted molar refractivity (Wildman–Crippen MR) is 99.3 cm³/mol. The normalized spacial score (nSPS) is 11.9. The fourth-order valence-electron chi connectivity index (χ4n) is 2.66. The Morgan fingerprint density at radius 2 is 1.85 bits per heavy atom. The molecule has 0 aliphatic carbocycles. The Bertz CT molecular complexity index is 878. The van der Waals surface area contributed by atoms with Crippen LogP contribution in [0.15, 0.2) is 59.0 Å². The summed E-state index contributed by atoms with van der Waals surface area (Å²) in [6.07, 6.45) is 0.461. The van der Waals surface area contributed by atoms with Crippen molar-refractivity contribution in [2.24, 2.45) is 0 Å². The van der Waals surface area contributed by atoms with Gasteiger partial charge in [0, 0.05) is 17.4 Å². The van der Waals surface area contributed by atoms with Crippen LogP contribution in [-0.4, -0.2) is 18.3 Å². The molecule has 1 heterocycles. The van der Waals surface area contributed by atoms with Crippen LogP contribution in [-0.2, 0) is 4.79 Å². The van der Waals surface area contributed by atoms with Crippen LogP contribution in [0.1, 0.15) is 42.4 Å².